The SMILES string of the molecule is Cc1nc2ccccc2c(=O)n1/N=C/c1c(OCc2ccccc2)ccc2ccccc12. The zero-order valence-corrected chi connectivity index (χ0v) is 17.6. The number of aromatic nitrogens is 2. The highest BCUT2D eigenvalue weighted by Crippen LogP contribution is 2.27. The van der Waals surface area contributed by atoms with Gasteiger partial charge in [0.25, 0.3) is 5.56 Å². The Hall–Kier alpha value is -4.25. The highest BCUT2D eigenvalue weighted by atomic mass is 16.5. The Bertz CT molecular complexity index is 1500. The molecule has 0 bridgehead atoms. The summed E-state index contributed by atoms with van der Waals surface area (Å²) < 4.78 is 7.49. The number of rotatable bonds is 5. The van der Waals surface area contributed by atoms with Crippen LogP contribution < -0.4 is 10.3 Å². The van der Waals surface area contributed by atoms with Crippen molar-refractivity contribution in [3.8, 4) is 5.75 Å². The Morgan fingerprint density at radius 1 is 0.875 bits per heavy atom. The molecule has 0 unspecified atom stereocenters. The van der Waals surface area contributed by atoms with Crippen LogP contribution in [0.3, 0.4) is 0 Å². The first-order valence-corrected chi connectivity index (χ1v) is 10.4. The van der Waals surface area contributed by atoms with Gasteiger partial charge < -0.3 is 4.74 Å². The third-order valence-corrected chi connectivity index (χ3v) is 5.39. The minimum Gasteiger partial charge on any atom is -0.488 e. The number of nitrogens with zero attached hydrogens (tertiary/aromatic N) is 3. The lowest BCUT2D eigenvalue weighted by atomic mass is 10.0. The molecule has 0 fully saturated rings. The molecule has 1 aromatic heterocycles. The maximum Gasteiger partial charge on any atom is 0.282 e. The van der Waals surface area contributed by atoms with E-state index in [1.807, 2.05) is 84.9 Å². The summed E-state index contributed by atoms with van der Waals surface area (Å²) in [6.07, 6.45) is 1.69. The fraction of sp³-hybridized carbons (Fsp3) is 0.0741. The predicted octanol–water partition coefficient (Wildman–Crippen LogP) is 5.32. The lowest BCUT2D eigenvalue weighted by molar-refractivity contribution is 0.306. The Morgan fingerprint density at radius 3 is 2.44 bits per heavy atom. The summed E-state index contributed by atoms with van der Waals surface area (Å²) in [7, 11) is 0. The van der Waals surface area contributed by atoms with E-state index in [1.165, 1.54) is 4.68 Å². The van der Waals surface area contributed by atoms with Crippen LogP contribution in [0.1, 0.15) is 17.0 Å². The molecule has 1 heterocycles. The third-order valence-electron chi connectivity index (χ3n) is 5.39. The van der Waals surface area contributed by atoms with Crippen molar-refractivity contribution >= 4 is 27.9 Å². The molecule has 0 aliphatic carbocycles. The molecule has 0 amide bonds. The maximum absolute atomic E-state index is 13.0. The van der Waals surface area contributed by atoms with Gasteiger partial charge in [0.1, 0.15) is 18.2 Å². The Balaban J connectivity index is 1.59. The van der Waals surface area contributed by atoms with Gasteiger partial charge in [-0.25, -0.2) is 4.98 Å². The molecule has 0 saturated carbocycles. The van der Waals surface area contributed by atoms with Crippen molar-refractivity contribution in [2.75, 3.05) is 0 Å². The summed E-state index contributed by atoms with van der Waals surface area (Å²) in [5, 5.41) is 7.14. The number of ether oxygens (including phenoxy) is 1. The van der Waals surface area contributed by atoms with Crippen molar-refractivity contribution < 1.29 is 4.74 Å². The monoisotopic (exact) mass is 419 g/mol. The summed E-state index contributed by atoms with van der Waals surface area (Å²) >= 11 is 0. The molecule has 0 spiro atoms. The first-order valence-electron chi connectivity index (χ1n) is 10.4. The van der Waals surface area contributed by atoms with Crippen molar-refractivity contribution in [2.45, 2.75) is 13.5 Å². The highest BCUT2D eigenvalue weighted by Gasteiger charge is 2.10. The van der Waals surface area contributed by atoms with Gasteiger partial charge in [0.2, 0.25) is 0 Å². The molecular weight excluding hydrogens is 398 g/mol. The summed E-state index contributed by atoms with van der Waals surface area (Å²) in [6.45, 7) is 2.22. The number of aryl methyl sites for hydroxylation is 1. The van der Waals surface area contributed by atoms with Gasteiger partial charge in [-0.15, -0.1) is 0 Å². The summed E-state index contributed by atoms with van der Waals surface area (Å²) in [5.74, 6) is 1.23. The summed E-state index contributed by atoms with van der Waals surface area (Å²) in [4.78, 5) is 17.5. The lowest BCUT2D eigenvalue weighted by Crippen LogP contribution is -2.20. The molecule has 156 valence electrons. The van der Waals surface area contributed by atoms with Crippen LogP contribution >= 0.6 is 0 Å². The Kier molecular flexibility index (Phi) is 5.22. The van der Waals surface area contributed by atoms with Crippen molar-refractivity contribution in [2.24, 2.45) is 5.10 Å². The molecule has 0 saturated heterocycles. The van der Waals surface area contributed by atoms with E-state index in [1.54, 1.807) is 19.2 Å². The summed E-state index contributed by atoms with van der Waals surface area (Å²) in [6, 6.07) is 29.3. The van der Waals surface area contributed by atoms with Gasteiger partial charge >= 0.3 is 0 Å². The summed E-state index contributed by atoms with van der Waals surface area (Å²) in [5.41, 5.74) is 2.36. The van der Waals surface area contributed by atoms with Crippen LogP contribution in [0.25, 0.3) is 21.7 Å². The Morgan fingerprint density at radius 2 is 1.59 bits per heavy atom. The van der Waals surface area contributed by atoms with Crippen molar-refractivity contribution in [3.05, 3.63) is 118 Å². The van der Waals surface area contributed by atoms with Gasteiger partial charge in [-0.1, -0.05) is 72.8 Å². The molecule has 0 radical (unpaired) electrons. The molecule has 5 nitrogen and oxygen atoms in total. The predicted molar refractivity (Wildman–Crippen MR) is 128 cm³/mol. The second-order valence-corrected chi connectivity index (χ2v) is 7.51. The minimum absolute atomic E-state index is 0.198. The van der Waals surface area contributed by atoms with Crippen LogP contribution in [0.2, 0.25) is 0 Å². The zero-order valence-electron chi connectivity index (χ0n) is 17.6. The third kappa shape index (κ3) is 3.76. The molecule has 0 N–H and O–H groups in total. The normalized spacial score (nSPS) is 11.4. The fourth-order valence-corrected chi connectivity index (χ4v) is 3.76. The zero-order chi connectivity index (χ0) is 21.9. The maximum atomic E-state index is 13.0. The van der Waals surface area contributed by atoms with E-state index in [-0.39, 0.29) is 5.56 Å². The highest BCUT2D eigenvalue weighted by molar-refractivity contribution is 6.02. The number of fused-ring (bicyclic) bond motifs is 2. The van der Waals surface area contributed by atoms with Crippen LogP contribution in [0.15, 0.2) is 101 Å². The van der Waals surface area contributed by atoms with Crippen LogP contribution in [0.4, 0.5) is 0 Å². The molecule has 5 aromatic rings. The van der Waals surface area contributed by atoms with Gasteiger partial charge in [-0.2, -0.15) is 9.78 Å². The van der Waals surface area contributed by atoms with E-state index in [2.05, 4.69) is 10.1 Å². The first-order chi connectivity index (χ1) is 15.7. The number of para-hydroxylation sites is 1. The van der Waals surface area contributed by atoms with Crippen LogP contribution in [0, 0.1) is 6.92 Å². The van der Waals surface area contributed by atoms with Crippen molar-refractivity contribution in [3.63, 3.8) is 0 Å². The molecule has 0 atom stereocenters. The minimum atomic E-state index is -0.198. The number of hydrogen-bond donors (Lipinski definition) is 0. The van der Waals surface area contributed by atoms with Crippen LogP contribution in [-0.2, 0) is 6.61 Å². The second kappa shape index (κ2) is 8.47. The van der Waals surface area contributed by atoms with Gasteiger partial charge in [-0.05, 0) is 41.5 Å². The first kappa shape index (κ1) is 19.7. The molecule has 5 rings (SSSR count). The Labute approximate surface area is 185 Å². The standard InChI is InChI=1S/C27H21N3O2/c1-19-29-25-14-8-7-13-23(25)27(31)30(19)28-17-24-22-12-6-5-11-21(22)15-16-26(24)32-18-20-9-3-2-4-10-20/h2-17H,18H2,1H3/b28-17+. The lowest BCUT2D eigenvalue weighted by Gasteiger charge is -2.12. The number of hydrogen-bond acceptors (Lipinski definition) is 4. The van der Waals surface area contributed by atoms with Gasteiger partial charge in [0.05, 0.1) is 17.1 Å². The van der Waals surface area contributed by atoms with Crippen molar-refractivity contribution in [1.82, 2.24) is 9.66 Å². The quantitative estimate of drug-likeness (QED) is 0.362. The average molecular weight is 419 g/mol. The van der Waals surface area contributed by atoms with E-state index in [0.717, 1.165) is 21.9 Å². The smallest absolute Gasteiger partial charge is 0.282 e. The molecule has 4 aromatic carbocycles. The largest absolute Gasteiger partial charge is 0.488 e. The van der Waals surface area contributed by atoms with Gasteiger partial charge in [0, 0.05) is 5.56 Å². The topological polar surface area (TPSA) is 56.5 Å². The fourth-order valence-electron chi connectivity index (χ4n) is 3.76. The van der Waals surface area contributed by atoms with Gasteiger partial charge in [0.15, 0.2) is 0 Å². The number of benzene rings is 4. The molecular formula is C27H21N3O2. The van der Waals surface area contributed by atoms with E-state index in [9.17, 15) is 4.79 Å². The molecule has 0 aliphatic heterocycles. The average Bonchev–Trinajstić information content (AvgIpc) is 2.83. The van der Waals surface area contributed by atoms with E-state index < -0.39 is 0 Å². The van der Waals surface area contributed by atoms with E-state index in [4.69, 9.17) is 4.74 Å². The molecule has 32 heavy (non-hydrogen) atoms. The van der Waals surface area contributed by atoms with Crippen molar-refractivity contribution in [1.29, 1.82) is 0 Å². The molecule has 0 aliphatic rings. The van der Waals surface area contributed by atoms with Crippen LogP contribution in [0.5, 0.6) is 5.75 Å². The van der Waals surface area contributed by atoms with Crippen LogP contribution in [-0.4, -0.2) is 15.9 Å². The molecule has 5 heteroatoms. The second-order valence-electron chi connectivity index (χ2n) is 7.51. The van der Waals surface area contributed by atoms with E-state index in [0.29, 0.717) is 29.1 Å². The van der Waals surface area contributed by atoms with Gasteiger partial charge in [-0.3, -0.25) is 4.79 Å². The van der Waals surface area contributed by atoms with E-state index >= 15 is 0 Å².